The molecule has 0 saturated heterocycles. The molecular formula is C30H32N2O7S. The van der Waals surface area contributed by atoms with Gasteiger partial charge in [0.05, 0.1) is 42.2 Å². The van der Waals surface area contributed by atoms with Crippen LogP contribution < -0.4 is 29.1 Å². The number of rotatable bonds is 9. The van der Waals surface area contributed by atoms with Gasteiger partial charge < -0.3 is 18.9 Å². The van der Waals surface area contributed by atoms with E-state index in [1.807, 2.05) is 45.0 Å². The standard InChI is InChI=1S/C30H32N2O7S/c1-7-37-24-15-21(10-13-23(24)39-19(5)33)27-26(29(35)38-16-17(2)3)18(4)31-30-32(27)28(34)25(40-30)14-20-8-11-22(36-6)12-9-20/h8-15,17,27H,7,16H2,1-6H3/b25-14+/t27-/m1/s1. The zero-order valence-corrected chi connectivity index (χ0v) is 24.2. The van der Waals surface area contributed by atoms with Gasteiger partial charge in [-0.3, -0.25) is 14.2 Å². The molecule has 4 rings (SSSR count). The van der Waals surface area contributed by atoms with Gasteiger partial charge in [0.2, 0.25) is 0 Å². The lowest BCUT2D eigenvalue weighted by Crippen LogP contribution is -2.40. The molecule has 0 fully saturated rings. The fourth-order valence-electron chi connectivity index (χ4n) is 4.27. The van der Waals surface area contributed by atoms with Crippen molar-refractivity contribution in [3.8, 4) is 17.2 Å². The number of thiazole rings is 1. The molecule has 1 aromatic heterocycles. The fraction of sp³-hybridized carbons (Fsp3) is 0.333. The zero-order valence-electron chi connectivity index (χ0n) is 23.3. The summed E-state index contributed by atoms with van der Waals surface area (Å²) >= 11 is 1.24. The Morgan fingerprint density at radius 1 is 1.12 bits per heavy atom. The van der Waals surface area contributed by atoms with Crippen LogP contribution in [-0.2, 0) is 14.3 Å². The van der Waals surface area contributed by atoms with Crippen molar-refractivity contribution in [2.75, 3.05) is 20.3 Å². The van der Waals surface area contributed by atoms with E-state index in [0.717, 1.165) is 5.56 Å². The van der Waals surface area contributed by atoms with Crippen molar-refractivity contribution in [3.05, 3.63) is 84.5 Å². The maximum atomic E-state index is 13.9. The number of fused-ring (bicyclic) bond motifs is 1. The Hall–Kier alpha value is -4.18. The second kappa shape index (κ2) is 12.3. The van der Waals surface area contributed by atoms with E-state index in [0.29, 0.717) is 38.7 Å². The number of carbonyl (C=O) groups excluding carboxylic acids is 2. The first-order valence-corrected chi connectivity index (χ1v) is 13.7. The number of aromatic nitrogens is 1. The van der Waals surface area contributed by atoms with Crippen LogP contribution in [0.5, 0.6) is 17.2 Å². The van der Waals surface area contributed by atoms with Gasteiger partial charge in [0, 0.05) is 6.92 Å². The first-order chi connectivity index (χ1) is 19.1. The van der Waals surface area contributed by atoms with E-state index in [-0.39, 0.29) is 29.4 Å². The molecule has 0 bridgehead atoms. The smallest absolute Gasteiger partial charge is 0.338 e. The number of carbonyl (C=O) groups is 2. The van der Waals surface area contributed by atoms with Gasteiger partial charge in [-0.1, -0.05) is 43.4 Å². The third kappa shape index (κ3) is 6.17. The van der Waals surface area contributed by atoms with E-state index >= 15 is 0 Å². The van der Waals surface area contributed by atoms with Gasteiger partial charge in [-0.05, 0) is 61.2 Å². The highest BCUT2D eigenvalue weighted by atomic mass is 32.1. The number of ether oxygens (including phenoxy) is 4. The lowest BCUT2D eigenvalue weighted by Gasteiger charge is -2.25. The van der Waals surface area contributed by atoms with Crippen LogP contribution in [0.4, 0.5) is 0 Å². The molecule has 0 N–H and O–H groups in total. The van der Waals surface area contributed by atoms with Crippen molar-refractivity contribution < 1.29 is 28.5 Å². The minimum Gasteiger partial charge on any atom is -0.497 e. The molecule has 0 spiro atoms. The summed E-state index contributed by atoms with van der Waals surface area (Å²) in [6.07, 6.45) is 1.78. The highest BCUT2D eigenvalue weighted by molar-refractivity contribution is 7.07. The molecule has 2 aromatic carbocycles. The van der Waals surface area contributed by atoms with Crippen molar-refractivity contribution >= 4 is 29.4 Å². The van der Waals surface area contributed by atoms with Gasteiger partial charge in [0.15, 0.2) is 16.3 Å². The van der Waals surface area contributed by atoms with E-state index in [2.05, 4.69) is 4.99 Å². The molecule has 40 heavy (non-hydrogen) atoms. The summed E-state index contributed by atoms with van der Waals surface area (Å²) < 4.78 is 23.9. The summed E-state index contributed by atoms with van der Waals surface area (Å²) in [6, 6.07) is 11.5. The number of allylic oxidation sites excluding steroid dienone is 1. The molecule has 1 atom stereocenters. The second-order valence-corrected chi connectivity index (χ2v) is 10.6. The first-order valence-electron chi connectivity index (χ1n) is 12.9. The average molecular weight is 565 g/mol. The fourth-order valence-corrected chi connectivity index (χ4v) is 5.32. The van der Waals surface area contributed by atoms with Gasteiger partial charge in [0.25, 0.3) is 5.56 Å². The Balaban J connectivity index is 1.91. The Labute approximate surface area is 236 Å². The summed E-state index contributed by atoms with van der Waals surface area (Å²) in [5.74, 6) is 0.359. The molecule has 2 heterocycles. The van der Waals surface area contributed by atoms with E-state index in [4.69, 9.17) is 18.9 Å². The molecule has 3 aromatic rings. The van der Waals surface area contributed by atoms with Crippen LogP contribution in [0.25, 0.3) is 6.08 Å². The van der Waals surface area contributed by atoms with Crippen molar-refractivity contribution in [2.45, 2.75) is 40.7 Å². The monoisotopic (exact) mass is 564 g/mol. The van der Waals surface area contributed by atoms with Crippen molar-refractivity contribution in [3.63, 3.8) is 0 Å². The van der Waals surface area contributed by atoms with Crippen molar-refractivity contribution in [1.29, 1.82) is 0 Å². The second-order valence-electron chi connectivity index (χ2n) is 9.58. The van der Waals surface area contributed by atoms with Crippen LogP contribution in [-0.4, -0.2) is 36.8 Å². The minimum absolute atomic E-state index is 0.126. The molecule has 0 unspecified atom stereocenters. The molecule has 0 radical (unpaired) electrons. The lowest BCUT2D eigenvalue weighted by atomic mass is 9.95. The maximum absolute atomic E-state index is 13.9. The summed E-state index contributed by atoms with van der Waals surface area (Å²) in [6.45, 7) is 9.28. The molecule has 10 heteroatoms. The predicted octanol–water partition coefficient (Wildman–Crippen LogP) is 3.77. The van der Waals surface area contributed by atoms with E-state index in [1.54, 1.807) is 38.3 Å². The van der Waals surface area contributed by atoms with Gasteiger partial charge in [0.1, 0.15) is 5.75 Å². The zero-order chi connectivity index (χ0) is 29.0. The summed E-state index contributed by atoms with van der Waals surface area (Å²) in [4.78, 5) is 44.0. The summed E-state index contributed by atoms with van der Waals surface area (Å²) in [5, 5.41) is 0. The molecule has 1 aliphatic heterocycles. The van der Waals surface area contributed by atoms with E-state index < -0.39 is 18.0 Å². The van der Waals surface area contributed by atoms with Crippen molar-refractivity contribution in [2.24, 2.45) is 10.9 Å². The van der Waals surface area contributed by atoms with E-state index in [1.165, 1.54) is 22.8 Å². The molecule has 1 aliphatic rings. The van der Waals surface area contributed by atoms with Gasteiger partial charge in [-0.15, -0.1) is 0 Å². The van der Waals surface area contributed by atoms with Crippen LogP contribution in [0.15, 0.2) is 63.5 Å². The SMILES string of the molecule is CCOc1cc([C@@H]2C(C(=O)OCC(C)C)=C(C)N=c3s/c(=C/c4ccc(OC)cc4)c(=O)n32)ccc1OC(C)=O. The molecular weight excluding hydrogens is 532 g/mol. The van der Waals surface area contributed by atoms with Gasteiger partial charge >= 0.3 is 11.9 Å². The minimum atomic E-state index is -0.834. The number of hydrogen-bond acceptors (Lipinski definition) is 9. The molecule has 0 amide bonds. The van der Waals surface area contributed by atoms with Gasteiger partial charge in [-0.25, -0.2) is 9.79 Å². The topological polar surface area (TPSA) is 105 Å². The third-order valence-corrected chi connectivity index (χ3v) is 7.02. The number of nitrogens with zero attached hydrogens (tertiary/aromatic N) is 2. The van der Waals surface area contributed by atoms with Crippen LogP contribution in [0.3, 0.4) is 0 Å². The lowest BCUT2D eigenvalue weighted by molar-refractivity contribution is -0.140. The van der Waals surface area contributed by atoms with Gasteiger partial charge in [-0.2, -0.15) is 0 Å². The number of esters is 2. The highest BCUT2D eigenvalue weighted by Gasteiger charge is 2.34. The Morgan fingerprint density at radius 2 is 1.85 bits per heavy atom. The van der Waals surface area contributed by atoms with Crippen LogP contribution >= 0.6 is 11.3 Å². The molecule has 0 saturated carbocycles. The first kappa shape index (κ1) is 28.8. The molecule has 9 nitrogen and oxygen atoms in total. The predicted molar refractivity (Wildman–Crippen MR) is 151 cm³/mol. The Kier molecular flexibility index (Phi) is 8.89. The van der Waals surface area contributed by atoms with E-state index in [9.17, 15) is 14.4 Å². The summed E-state index contributed by atoms with van der Waals surface area (Å²) in [5.41, 5.74) is 1.82. The number of methoxy groups -OCH3 is 1. The van der Waals surface area contributed by atoms with Crippen molar-refractivity contribution in [1.82, 2.24) is 4.57 Å². The molecule has 0 aliphatic carbocycles. The van der Waals surface area contributed by atoms with Crippen LogP contribution in [0.1, 0.15) is 51.8 Å². The normalized spacial score (nSPS) is 15.0. The number of benzene rings is 2. The number of hydrogen-bond donors (Lipinski definition) is 0. The Bertz CT molecular complexity index is 1630. The Morgan fingerprint density at radius 3 is 2.48 bits per heavy atom. The van der Waals surface area contributed by atoms with Crippen LogP contribution in [0, 0.1) is 5.92 Å². The van der Waals surface area contributed by atoms with Crippen LogP contribution in [0.2, 0.25) is 0 Å². The maximum Gasteiger partial charge on any atom is 0.338 e. The average Bonchev–Trinajstić information content (AvgIpc) is 3.21. The third-order valence-electron chi connectivity index (χ3n) is 6.04. The molecule has 210 valence electrons. The largest absolute Gasteiger partial charge is 0.497 e. The highest BCUT2D eigenvalue weighted by Crippen LogP contribution is 2.36. The summed E-state index contributed by atoms with van der Waals surface area (Å²) in [7, 11) is 1.59. The quantitative estimate of drug-likeness (QED) is 0.288.